The molecule has 0 aliphatic carbocycles. The predicted molar refractivity (Wildman–Crippen MR) is 203 cm³/mol. The Morgan fingerprint density at radius 2 is 1.55 bits per heavy atom. The smallest absolute Gasteiger partial charge is 0.433 e. The maximum Gasteiger partial charge on any atom is 0.433 e. The van der Waals surface area contributed by atoms with Crippen molar-refractivity contribution in [1.82, 2.24) is 20.3 Å². The lowest BCUT2D eigenvalue weighted by Crippen LogP contribution is -2.19. The number of thioether (sulfide) groups is 1. The Morgan fingerprint density at radius 1 is 0.893 bits per heavy atom. The van der Waals surface area contributed by atoms with Crippen molar-refractivity contribution in [2.24, 2.45) is 15.2 Å². The Bertz CT molecular complexity index is 2540. The van der Waals surface area contributed by atoms with E-state index in [4.69, 9.17) is 21.3 Å². The summed E-state index contributed by atoms with van der Waals surface area (Å²) in [5.74, 6) is 1.81. The lowest BCUT2D eigenvalue weighted by Gasteiger charge is -2.12. The standard InChI is InChI=1S/C29H24ClN9O11S4.2H2O/c1-31-12-16-52(41,42)22-9-5-20(6-10-22)38-39-24-18-26(53(43,44)45)25(32-11-2-13-40)17-23(24)34-29-36-27(30)35-28(37-29)33-19-3-7-21(8-4-19)51-15-14-49-50-54(46,47)48;;/h3-10,13,17-18,31,40H,12,16H2,1H3,(H,43,44,45)(H,46,47,48)(H2,33,34,35,36,37);2*1H2. The monoisotopic (exact) mass is 873 g/mol. The van der Waals surface area contributed by atoms with Crippen LogP contribution in [0.15, 0.2) is 103 Å². The fourth-order valence-electron chi connectivity index (χ4n) is 3.82. The molecule has 0 saturated heterocycles. The van der Waals surface area contributed by atoms with Gasteiger partial charge in [0.2, 0.25) is 17.2 Å². The van der Waals surface area contributed by atoms with E-state index in [0.29, 0.717) is 16.8 Å². The van der Waals surface area contributed by atoms with Crippen LogP contribution < -0.4 is 16.0 Å². The number of rotatable bonds is 15. The summed E-state index contributed by atoms with van der Waals surface area (Å²) in [7, 11) is -11.7. The van der Waals surface area contributed by atoms with Crippen LogP contribution >= 0.6 is 23.4 Å². The maximum atomic E-state index is 12.5. The second kappa shape index (κ2) is 21.0. The van der Waals surface area contributed by atoms with E-state index >= 15 is 0 Å². The van der Waals surface area contributed by atoms with Gasteiger partial charge in [-0.3, -0.25) is 14.0 Å². The normalized spacial score (nSPS) is 11.1. The number of nitrogens with one attached hydrogen (secondary N) is 3. The minimum absolute atomic E-state index is 0. The zero-order valence-corrected chi connectivity index (χ0v) is 32.1. The van der Waals surface area contributed by atoms with Crippen LogP contribution in [0.3, 0.4) is 0 Å². The topological polar surface area (TPSA) is 356 Å². The third-order valence-electron chi connectivity index (χ3n) is 6.09. The van der Waals surface area contributed by atoms with E-state index in [0.717, 1.165) is 23.9 Å². The van der Waals surface area contributed by atoms with Crippen molar-refractivity contribution in [3.05, 3.63) is 77.9 Å². The van der Waals surface area contributed by atoms with E-state index in [-0.39, 0.29) is 68.1 Å². The van der Waals surface area contributed by atoms with Crippen LogP contribution in [-0.2, 0) is 39.6 Å². The quantitative estimate of drug-likeness (QED) is 0.0115. The molecule has 1 aromatic heterocycles. The van der Waals surface area contributed by atoms with Crippen molar-refractivity contribution in [1.29, 1.82) is 0 Å². The number of hydrogen-bond acceptors (Lipinski definition) is 19. The van der Waals surface area contributed by atoms with E-state index in [9.17, 15) is 29.8 Å². The second-order valence-electron chi connectivity index (χ2n) is 9.84. The molecular formula is C29H28ClN9O13S4. The molecule has 0 saturated carbocycles. The number of benzene rings is 3. The number of azo groups is 1. The molecule has 0 spiro atoms. The number of halogens is 1. The first-order chi connectivity index (χ1) is 25.6. The molecule has 56 heavy (non-hydrogen) atoms. The van der Waals surface area contributed by atoms with Crippen molar-refractivity contribution >= 4 is 99.9 Å². The van der Waals surface area contributed by atoms with Crippen LogP contribution in [0.2, 0.25) is 5.28 Å². The summed E-state index contributed by atoms with van der Waals surface area (Å²) in [4.78, 5) is 20.1. The van der Waals surface area contributed by atoms with E-state index in [2.05, 4.69) is 72.2 Å². The molecule has 4 rings (SSSR count). The highest BCUT2D eigenvalue weighted by Gasteiger charge is 2.21. The Balaban J connectivity index is 0.00000541. The van der Waals surface area contributed by atoms with E-state index in [1.54, 1.807) is 31.3 Å². The molecule has 22 nitrogen and oxygen atoms in total. The summed E-state index contributed by atoms with van der Waals surface area (Å²) in [6.07, 6.45) is 2.39. The number of aliphatic imine (C=N–C) groups is 1. The van der Waals surface area contributed by atoms with Crippen molar-refractivity contribution < 1.29 is 59.6 Å². The molecule has 3 aromatic carbocycles. The lowest BCUT2D eigenvalue weighted by molar-refractivity contribution is -0.135. The SMILES string of the molecule is CNCCS(=O)(=O)c1ccc(N=Nc2cc(S(=O)(=O)O)c(N=C=C=CO)cc2Nc2nc(Cl)nc(Nc3ccc(SC#COOS(=O)(=O)O)cc3)n2)cc1.O.O. The predicted octanol–water partition coefficient (Wildman–Crippen LogP) is 3.31. The number of nitrogens with zero attached hydrogens (tertiary/aromatic N) is 6. The number of hydrogen-bond donors (Lipinski definition) is 6. The van der Waals surface area contributed by atoms with Gasteiger partial charge in [-0.05, 0) is 101 Å². The molecule has 0 unspecified atom stereocenters. The number of anilines is 4. The molecule has 1 heterocycles. The number of aliphatic hydroxyl groups is 1. The van der Waals surface area contributed by atoms with E-state index in [1.807, 2.05) is 6.11 Å². The van der Waals surface area contributed by atoms with Gasteiger partial charge in [0.05, 0.1) is 27.7 Å². The zero-order chi connectivity index (χ0) is 39.4. The Morgan fingerprint density at radius 3 is 2.16 bits per heavy atom. The summed E-state index contributed by atoms with van der Waals surface area (Å²) in [5, 5.41) is 27.7. The van der Waals surface area contributed by atoms with Crippen LogP contribution in [0.1, 0.15) is 0 Å². The van der Waals surface area contributed by atoms with Crippen LogP contribution in [0, 0.1) is 11.4 Å². The van der Waals surface area contributed by atoms with Gasteiger partial charge in [0, 0.05) is 28.2 Å². The fourth-order valence-corrected chi connectivity index (χ4v) is 6.45. The van der Waals surface area contributed by atoms with Crippen molar-refractivity contribution in [2.45, 2.75) is 14.7 Å². The highest BCUT2D eigenvalue weighted by Crippen LogP contribution is 2.38. The lowest BCUT2D eigenvalue weighted by atomic mass is 10.2. The van der Waals surface area contributed by atoms with E-state index in [1.165, 1.54) is 24.3 Å². The average molecular weight is 874 g/mol. The maximum absolute atomic E-state index is 12.5. The molecule has 10 N–H and O–H groups in total. The summed E-state index contributed by atoms with van der Waals surface area (Å²) in [6.45, 7) is 0.245. The average Bonchev–Trinajstić information content (AvgIpc) is 3.10. The molecule has 0 fully saturated rings. The molecule has 0 amide bonds. The van der Waals surface area contributed by atoms with Gasteiger partial charge in [0.15, 0.2) is 15.9 Å². The highest BCUT2D eigenvalue weighted by atomic mass is 35.5. The molecule has 0 bridgehead atoms. The van der Waals surface area contributed by atoms with Gasteiger partial charge >= 0.3 is 10.4 Å². The third-order valence-corrected chi connectivity index (χ3v) is 9.80. The summed E-state index contributed by atoms with van der Waals surface area (Å²) < 4.78 is 92.6. The Labute approximate surface area is 327 Å². The van der Waals surface area contributed by atoms with Crippen LogP contribution in [-0.4, -0.2) is 90.6 Å². The van der Waals surface area contributed by atoms with Gasteiger partial charge < -0.3 is 32.0 Å². The molecule has 4 aromatic rings. The molecular weight excluding hydrogens is 846 g/mol. The minimum atomic E-state index is -4.92. The van der Waals surface area contributed by atoms with Gasteiger partial charge in [-0.1, -0.05) is 0 Å². The first kappa shape index (κ1) is 46.7. The van der Waals surface area contributed by atoms with Gasteiger partial charge in [-0.15, -0.1) is 5.11 Å². The fraction of sp³-hybridized carbons (Fsp3) is 0.103. The highest BCUT2D eigenvalue weighted by molar-refractivity contribution is 8.04. The van der Waals surface area contributed by atoms with Gasteiger partial charge in [0.1, 0.15) is 16.8 Å². The minimum Gasteiger partial charge on any atom is -0.507 e. The molecule has 298 valence electrons. The van der Waals surface area contributed by atoms with Gasteiger partial charge in [0.25, 0.3) is 10.1 Å². The molecule has 0 aliphatic heterocycles. The zero-order valence-electron chi connectivity index (χ0n) is 28.1. The van der Waals surface area contributed by atoms with Crippen molar-refractivity contribution in [3.63, 3.8) is 0 Å². The van der Waals surface area contributed by atoms with Crippen molar-refractivity contribution in [2.75, 3.05) is 30.0 Å². The number of sulfone groups is 1. The Hall–Kier alpha value is -5.49. The van der Waals surface area contributed by atoms with E-state index < -0.39 is 35.2 Å². The van der Waals surface area contributed by atoms with Crippen LogP contribution in [0.5, 0.6) is 0 Å². The molecule has 0 aliphatic rings. The first-order valence-electron chi connectivity index (χ1n) is 14.3. The number of aromatic nitrogens is 3. The van der Waals surface area contributed by atoms with Crippen LogP contribution in [0.4, 0.5) is 40.3 Å². The summed E-state index contributed by atoms with van der Waals surface area (Å²) in [6, 6.07) is 14.0. The molecule has 0 radical (unpaired) electrons. The second-order valence-corrected chi connectivity index (χ2v) is 15.5. The largest absolute Gasteiger partial charge is 0.507 e. The first-order valence-corrected chi connectivity index (χ1v) is 20.0. The van der Waals surface area contributed by atoms with Gasteiger partial charge in [-0.25, -0.2) is 8.42 Å². The number of aliphatic hydroxyl groups excluding tert-OH is 1. The van der Waals surface area contributed by atoms with Crippen LogP contribution in [0.25, 0.3) is 0 Å². The third kappa shape index (κ3) is 14.6. The van der Waals surface area contributed by atoms with Gasteiger partial charge in [-0.2, -0.15) is 41.9 Å². The summed E-state index contributed by atoms with van der Waals surface area (Å²) >= 11 is 7.11. The Kier molecular flexibility index (Phi) is 17.5. The molecule has 27 heteroatoms. The van der Waals surface area contributed by atoms with Crippen molar-refractivity contribution in [3.8, 4) is 11.4 Å². The molecule has 0 atom stereocenters. The summed E-state index contributed by atoms with van der Waals surface area (Å²) in [5.41, 5.74) is 2.19.